The highest BCUT2D eigenvalue weighted by Crippen LogP contribution is 2.35. The second kappa shape index (κ2) is 47.3. The van der Waals surface area contributed by atoms with Crippen LogP contribution in [0, 0.1) is 0 Å². The molecule has 0 aliphatic carbocycles. The first-order valence-electron chi connectivity index (χ1n) is 50.5. The number of aromatic nitrogens is 6. The van der Waals surface area contributed by atoms with Crippen molar-refractivity contribution < 1.29 is 26.5 Å². The van der Waals surface area contributed by atoms with Crippen LogP contribution in [0.4, 0.5) is 34.1 Å². The molecule has 0 unspecified atom stereocenters. The van der Waals surface area contributed by atoms with Gasteiger partial charge in [-0.15, -0.1) is 0 Å². The fourth-order valence-corrected chi connectivity index (χ4v) is 19.2. The summed E-state index contributed by atoms with van der Waals surface area (Å²) in [6.45, 7) is 31.8. The molecule has 0 atom stereocenters. The van der Waals surface area contributed by atoms with Gasteiger partial charge in [-0.2, -0.15) is 0 Å². The Morgan fingerprint density at radius 1 is 0.259 bits per heavy atom. The molecular weight excluding hydrogens is 1850 g/mol. The summed E-state index contributed by atoms with van der Waals surface area (Å²) in [5.74, 6) is 3.30. The van der Waals surface area contributed by atoms with Gasteiger partial charge in [-0.25, -0.2) is 0 Å². The maximum Gasteiger partial charge on any atom is 0.193 e. The predicted octanol–water partition coefficient (Wildman–Crippen LogP) is 16.9. The van der Waals surface area contributed by atoms with Gasteiger partial charge in [0.15, 0.2) is 32.6 Å². The van der Waals surface area contributed by atoms with E-state index < -0.39 is 0 Å². The van der Waals surface area contributed by atoms with Crippen LogP contribution < -0.4 is 72.6 Å². The Balaban J connectivity index is 0.000000111. The molecule has 18 aromatic rings. The molecule has 30 nitrogen and oxygen atoms in total. The lowest BCUT2D eigenvalue weighted by Gasteiger charge is -2.38. The molecule has 24 rings (SSSR count). The molecule has 6 fully saturated rings. The monoisotopic (exact) mass is 1970 g/mol. The predicted molar refractivity (Wildman–Crippen MR) is 586 cm³/mol. The van der Waals surface area contributed by atoms with E-state index >= 15 is 0 Å². The van der Waals surface area contributed by atoms with E-state index in [9.17, 15) is 28.8 Å². The molecule has 147 heavy (non-hydrogen) atoms. The minimum atomic E-state index is -0.0258. The van der Waals surface area contributed by atoms with E-state index in [1.807, 2.05) is 182 Å². The molecule has 6 aliphatic heterocycles. The van der Waals surface area contributed by atoms with Crippen molar-refractivity contribution in [1.82, 2.24) is 60.1 Å². The average molecular weight is 1970 g/mol. The van der Waals surface area contributed by atoms with Crippen LogP contribution in [0.1, 0.15) is 33.6 Å². The molecule has 18 heterocycles. The lowest BCUT2D eigenvalue weighted by molar-refractivity contribution is 0.209. The third-order valence-electron chi connectivity index (χ3n) is 27.7. The molecule has 6 aliphatic rings. The first-order valence-corrected chi connectivity index (χ1v) is 50.5. The number of benzene rings is 6. The van der Waals surface area contributed by atoms with Gasteiger partial charge in [0.1, 0.15) is 68.1 Å². The Morgan fingerprint density at radius 3 is 0.748 bits per heavy atom. The van der Waals surface area contributed by atoms with Crippen LogP contribution in [0.25, 0.3) is 134 Å². The Kier molecular flexibility index (Phi) is 32.1. The van der Waals surface area contributed by atoms with Crippen LogP contribution in [-0.2, 0) is 0 Å². The molecule has 6 saturated heterocycles. The zero-order valence-electron chi connectivity index (χ0n) is 83.4. The van der Waals surface area contributed by atoms with Gasteiger partial charge in [0, 0.05) is 328 Å². The van der Waals surface area contributed by atoms with Crippen molar-refractivity contribution in [2.75, 3.05) is 207 Å². The Morgan fingerprint density at radius 2 is 0.490 bits per heavy atom. The van der Waals surface area contributed by atoms with E-state index in [1.165, 1.54) is 0 Å². The SMILES string of the molecule is CC(C)N1CCN(c2ccc3oc(-c4cccnc4)cc(=O)c3c2)CC1.CCN1CCN(c2ccc3oc(-c4cccnc4)cc(=O)c3c2)CC1.CN1CCCN(c2ccc3oc(-c4cccnc4)cc(=O)c3c2)CC1.CN1CCN(c2ccc3oc(-c4cccnc4)cc(=O)c3c2)CC1.O=c1cc(-c2cccnc2)oc2ccc(N3CCCNCC3)cc12.O=c1cc(-c2cccnc2)oc2ccc(N3CCNCC3)cc12. The van der Waals surface area contributed by atoms with Crippen molar-refractivity contribution in [2.45, 2.75) is 39.7 Å². The van der Waals surface area contributed by atoms with Crippen molar-refractivity contribution in [1.29, 1.82) is 0 Å². The maximum atomic E-state index is 12.6. The number of likely N-dealkylation sites (N-methyl/N-ethyl adjacent to an activating group) is 3. The van der Waals surface area contributed by atoms with Gasteiger partial charge in [-0.3, -0.25) is 63.6 Å². The first-order chi connectivity index (χ1) is 71.9. The van der Waals surface area contributed by atoms with Gasteiger partial charge in [0.25, 0.3) is 0 Å². The van der Waals surface area contributed by atoms with Crippen LogP contribution in [0.15, 0.2) is 348 Å². The molecule has 6 aromatic carbocycles. The zero-order chi connectivity index (χ0) is 101. The number of piperazine rings is 4. The minimum absolute atomic E-state index is 0.0193. The highest BCUT2D eigenvalue weighted by atomic mass is 16.4. The van der Waals surface area contributed by atoms with Gasteiger partial charge in [-0.1, -0.05) is 6.92 Å². The van der Waals surface area contributed by atoms with E-state index in [0.717, 1.165) is 244 Å². The Hall–Kier alpha value is -16.0. The lowest BCUT2D eigenvalue weighted by Crippen LogP contribution is -2.48. The van der Waals surface area contributed by atoms with Crippen molar-refractivity contribution >= 4 is 99.9 Å². The zero-order valence-corrected chi connectivity index (χ0v) is 83.4. The number of hydrogen-bond donors (Lipinski definition) is 2. The second-order valence-corrected chi connectivity index (χ2v) is 37.7. The van der Waals surface area contributed by atoms with E-state index in [-0.39, 0.29) is 32.6 Å². The van der Waals surface area contributed by atoms with Crippen LogP contribution in [0.5, 0.6) is 0 Å². The summed E-state index contributed by atoms with van der Waals surface area (Å²) in [6, 6.07) is 67.5. The highest BCUT2D eigenvalue weighted by molar-refractivity contribution is 5.88. The third kappa shape index (κ3) is 24.7. The number of anilines is 6. The summed E-state index contributed by atoms with van der Waals surface area (Å²) in [6.07, 6.45) is 22.6. The maximum absolute atomic E-state index is 12.6. The number of pyridine rings is 6. The van der Waals surface area contributed by atoms with Crippen LogP contribution in [-0.4, -0.2) is 233 Å². The fourth-order valence-electron chi connectivity index (χ4n) is 19.2. The molecule has 12 aromatic heterocycles. The summed E-state index contributed by atoms with van der Waals surface area (Å²) in [5, 5.41) is 10.5. The third-order valence-corrected chi connectivity index (χ3v) is 27.7. The topological polar surface area (TPSA) is 315 Å². The average Bonchev–Trinajstić information content (AvgIpc) is 1.76. The summed E-state index contributed by atoms with van der Waals surface area (Å²) in [7, 11) is 4.28. The van der Waals surface area contributed by atoms with Crippen LogP contribution in [0.2, 0.25) is 0 Å². The van der Waals surface area contributed by atoms with E-state index in [1.54, 1.807) is 111 Å². The molecule has 2 N–H and O–H groups in total. The van der Waals surface area contributed by atoms with Crippen LogP contribution in [0.3, 0.4) is 0 Å². The summed E-state index contributed by atoms with van der Waals surface area (Å²) < 4.78 is 35.6. The first kappa shape index (κ1) is 99.8. The molecule has 0 spiro atoms. The van der Waals surface area contributed by atoms with Crippen molar-refractivity contribution in [3.05, 3.63) is 354 Å². The van der Waals surface area contributed by atoms with E-state index in [2.05, 4.69) is 124 Å². The van der Waals surface area contributed by atoms with Gasteiger partial charge >= 0.3 is 0 Å². The largest absolute Gasteiger partial charge is 0.456 e. The molecule has 30 heteroatoms. The lowest BCUT2D eigenvalue weighted by atomic mass is 10.1. The fraction of sp³-hybridized carbons (Fsp3) is 0.282. The van der Waals surface area contributed by atoms with E-state index in [4.69, 9.17) is 26.5 Å². The molecule has 750 valence electrons. The van der Waals surface area contributed by atoms with Crippen LogP contribution >= 0.6 is 0 Å². The van der Waals surface area contributed by atoms with Crippen molar-refractivity contribution in [2.24, 2.45) is 0 Å². The van der Waals surface area contributed by atoms with Gasteiger partial charge in [-0.05, 0) is 242 Å². The normalized spacial score (nSPS) is 15.6. The number of fused-ring (bicyclic) bond motifs is 6. The summed E-state index contributed by atoms with van der Waals surface area (Å²) >= 11 is 0. The highest BCUT2D eigenvalue weighted by Gasteiger charge is 2.26. The number of rotatable bonds is 14. The second-order valence-electron chi connectivity index (χ2n) is 37.7. The standard InChI is InChI=1S/C21H23N3O2.2C20H21N3O2.2C19H19N3O2.C18H17N3O2/c1-15(2)23-8-10-24(11-9-23)17-5-6-20-18(12-17)19(25)13-21(26-20)16-4-3-7-22-14-16;1-22-8-3-9-23(11-10-22)16-5-6-19-17(12-16)18(24)13-20(25-19)15-4-2-7-21-14-15;1-2-22-8-10-23(11-9-22)16-5-6-19-17(12-16)18(24)13-20(25-19)15-4-3-7-21-14-15;1-21-7-9-22(10-8-21)15-4-5-18-16(11-15)17(23)12-19(24-18)14-3-2-6-20-13-14;23-17-12-19(14-3-1-6-21-13-14)24-18-5-4-15(11-16(17)18)22-9-2-7-20-8-10-22;22-16-11-18(13-2-1-5-20-12-13)23-17-4-3-14(10-15(16)17)21-8-6-19-7-9-21/h3-7,12-15H,8-11H2,1-2H3;2,4-7,12-14H,3,8-11H2,1H3;3-7,12-14H,2,8-11H2,1H3;2-6,11-13H,7-10H2,1H3;1,3-6,11-13,20H,2,7-10H2;1-5,10-12,19H,6-9H2. The summed E-state index contributed by atoms with van der Waals surface area (Å²) in [4.78, 5) is 123. The molecule has 0 amide bonds. The van der Waals surface area contributed by atoms with E-state index in [0.29, 0.717) is 106 Å². The van der Waals surface area contributed by atoms with Gasteiger partial charge < -0.3 is 81.2 Å². The molecular formula is C117H120N18O12. The quantitative estimate of drug-likeness (QED) is 0.102. The number of hydrogen-bond acceptors (Lipinski definition) is 30. The van der Waals surface area contributed by atoms with Crippen molar-refractivity contribution in [3.63, 3.8) is 0 Å². The van der Waals surface area contributed by atoms with Gasteiger partial charge in [0.2, 0.25) is 0 Å². The summed E-state index contributed by atoms with van der Waals surface area (Å²) in [5.41, 5.74) is 14.9. The molecule has 0 bridgehead atoms. The Labute approximate surface area is 850 Å². The smallest absolute Gasteiger partial charge is 0.193 e. The number of nitrogens with one attached hydrogen (secondary N) is 2. The number of nitrogens with zero attached hydrogens (tertiary/aromatic N) is 16. The van der Waals surface area contributed by atoms with Crippen molar-refractivity contribution in [3.8, 4) is 67.9 Å². The minimum Gasteiger partial charge on any atom is -0.456 e. The molecule has 0 saturated carbocycles. The molecule has 0 radical (unpaired) electrons. The Bertz CT molecular complexity index is 7930. The van der Waals surface area contributed by atoms with Gasteiger partial charge in [0.05, 0.1) is 32.3 Å².